The van der Waals surface area contributed by atoms with Crippen molar-refractivity contribution in [3.05, 3.63) is 40.2 Å². The molecule has 2 rings (SSSR count). The molecule has 4 heteroatoms. The zero-order valence-electron chi connectivity index (χ0n) is 18.2. The van der Waals surface area contributed by atoms with Gasteiger partial charge in [-0.3, -0.25) is 0 Å². The van der Waals surface area contributed by atoms with Gasteiger partial charge in [-0.1, -0.05) is 84.1 Å². The molecule has 3 nitrogen and oxygen atoms in total. The molecule has 0 amide bonds. The molecule has 0 saturated carbocycles. The molecule has 1 aromatic heterocycles. The van der Waals surface area contributed by atoms with Crippen LogP contribution in [0.25, 0.3) is 10.8 Å². The first-order valence-corrected chi connectivity index (χ1v) is 11.5. The summed E-state index contributed by atoms with van der Waals surface area (Å²) in [5, 5.41) is 0.583. The van der Waals surface area contributed by atoms with Gasteiger partial charge in [-0.2, -0.15) is 0 Å². The van der Waals surface area contributed by atoms with Crippen molar-refractivity contribution >= 4 is 10.8 Å². The van der Waals surface area contributed by atoms with Crippen molar-refractivity contribution in [2.75, 3.05) is 6.61 Å². The molecule has 0 aliphatic rings. The Morgan fingerprint density at radius 1 is 0.862 bits per heavy atom. The third-order valence-electron chi connectivity index (χ3n) is 5.42. The Kier molecular flexibility index (Phi) is 10.8. The second kappa shape index (κ2) is 13.4. The van der Waals surface area contributed by atoms with Gasteiger partial charge in [0.2, 0.25) is 0 Å². The van der Waals surface area contributed by atoms with E-state index >= 15 is 0 Å². The standard InChI is InChI=1S/C25H37FO3/c1-3-5-7-8-9-10-11-12-13-15-21-19-20-16-17-22(28-18-14-6-4-2)24(26)23(20)25(27)29-21/h16-17,19H,3-15,18H2,1-2H3. The van der Waals surface area contributed by atoms with Gasteiger partial charge >= 0.3 is 5.63 Å². The molecule has 0 radical (unpaired) electrons. The molecule has 29 heavy (non-hydrogen) atoms. The van der Waals surface area contributed by atoms with Crippen molar-refractivity contribution in [2.45, 2.75) is 97.3 Å². The van der Waals surface area contributed by atoms with Crippen LogP contribution in [0.5, 0.6) is 5.75 Å². The number of aryl methyl sites for hydroxylation is 1. The van der Waals surface area contributed by atoms with Crippen LogP contribution in [0.1, 0.15) is 96.7 Å². The van der Waals surface area contributed by atoms with Crippen molar-refractivity contribution in [3.63, 3.8) is 0 Å². The van der Waals surface area contributed by atoms with E-state index in [2.05, 4.69) is 13.8 Å². The van der Waals surface area contributed by atoms with Gasteiger partial charge in [0, 0.05) is 6.42 Å². The van der Waals surface area contributed by atoms with Crippen LogP contribution >= 0.6 is 0 Å². The summed E-state index contributed by atoms with van der Waals surface area (Å²) in [6, 6.07) is 5.17. The predicted octanol–water partition coefficient (Wildman–Crippen LogP) is 7.57. The van der Waals surface area contributed by atoms with E-state index in [1.54, 1.807) is 18.2 Å². The minimum absolute atomic E-state index is 0.00572. The summed E-state index contributed by atoms with van der Waals surface area (Å²) >= 11 is 0. The van der Waals surface area contributed by atoms with Crippen LogP contribution < -0.4 is 10.4 Å². The number of hydrogen-bond acceptors (Lipinski definition) is 3. The van der Waals surface area contributed by atoms with Crippen molar-refractivity contribution < 1.29 is 13.5 Å². The van der Waals surface area contributed by atoms with Crippen LogP contribution in [0, 0.1) is 5.82 Å². The van der Waals surface area contributed by atoms with E-state index in [0.717, 1.165) is 38.5 Å². The summed E-state index contributed by atoms with van der Waals surface area (Å²) in [7, 11) is 0. The van der Waals surface area contributed by atoms with Crippen molar-refractivity contribution in [2.24, 2.45) is 0 Å². The molecule has 1 heterocycles. The fraction of sp³-hybridized carbons (Fsp3) is 0.640. The SMILES string of the molecule is CCCCCCCCCCCc1cc2ccc(OCCCCC)c(F)c2c(=O)o1. The zero-order chi connectivity index (χ0) is 20.9. The molecule has 0 aliphatic heterocycles. The third kappa shape index (κ3) is 7.83. The highest BCUT2D eigenvalue weighted by atomic mass is 19.1. The molecule has 0 saturated heterocycles. The Labute approximate surface area is 174 Å². The normalized spacial score (nSPS) is 11.3. The maximum absolute atomic E-state index is 14.7. The monoisotopic (exact) mass is 404 g/mol. The number of rotatable bonds is 15. The second-order valence-electron chi connectivity index (χ2n) is 7.98. The molecule has 0 bridgehead atoms. The van der Waals surface area contributed by atoms with Crippen molar-refractivity contribution in [3.8, 4) is 5.75 Å². The molecule has 0 atom stereocenters. The quantitative estimate of drug-likeness (QED) is 0.287. The minimum Gasteiger partial charge on any atom is -0.490 e. The molecule has 1 aromatic carbocycles. The number of unbranched alkanes of at least 4 members (excludes halogenated alkanes) is 10. The Balaban J connectivity index is 1.85. The van der Waals surface area contributed by atoms with E-state index in [-0.39, 0.29) is 11.1 Å². The Morgan fingerprint density at radius 3 is 2.17 bits per heavy atom. The average Bonchev–Trinajstić information content (AvgIpc) is 2.71. The summed E-state index contributed by atoms with van der Waals surface area (Å²) in [5.41, 5.74) is -0.607. The smallest absolute Gasteiger partial charge is 0.346 e. The number of benzene rings is 1. The number of halogens is 1. The number of ether oxygens (including phenoxy) is 1. The molecule has 0 N–H and O–H groups in total. The lowest BCUT2D eigenvalue weighted by molar-refractivity contribution is 0.292. The summed E-state index contributed by atoms with van der Waals surface area (Å²) in [4.78, 5) is 12.3. The fourth-order valence-electron chi connectivity index (χ4n) is 3.65. The highest BCUT2D eigenvalue weighted by Crippen LogP contribution is 2.25. The Hall–Kier alpha value is -1.84. The maximum Gasteiger partial charge on any atom is 0.346 e. The molecule has 0 spiro atoms. The topological polar surface area (TPSA) is 39.4 Å². The van der Waals surface area contributed by atoms with Crippen LogP contribution in [-0.4, -0.2) is 6.61 Å². The van der Waals surface area contributed by atoms with Crippen LogP contribution in [-0.2, 0) is 6.42 Å². The van der Waals surface area contributed by atoms with Gasteiger partial charge in [-0.05, 0) is 30.4 Å². The van der Waals surface area contributed by atoms with Crippen molar-refractivity contribution in [1.29, 1.82) is 0 Å². The second-order valence-corrected chi connectivity index (χ2v) is 7.98. The summed E-state index contributed by atoms with van der Waals surface area (Å²) in [6.45, 7) is 4.80. The first-order valence-electron chi connectivity index (χ1n) is 11.5. The third-order valence-corrected chi connectivity index (χ3v) is 5.42. The van der Waals surface area contributed by atoms with Crippen LogP contribution in [0.2, 0.25) is 0 Å². The largest absolute Gasteiger partial charge is 0.490 e. The lowest BCUT2D eigenvalue weighted by Crippen LogP contribution is -2.07. The predicted molar refractivity (Wildman–Crippen MR) is 118 cm³/mol. The summed E-state index contributed by atoms with van der Waals surface area (Å²) < 4.78 is 25.6. The number of fused-ring (bicyclic) bond motifs is 1. The highest BCUT2D eigenvalue weighted by molar-refractivity contribution is 5.83. The van der Waals surface area contributed by atoms with Crippen molar-refractivity contribution in [1.82, 2.24) is 0 Å². The first-order chi connectivity index (χ1) is 14.2. The first kappa shape index (κ1) is 23.4. The maximum atomic E-state index is 14.7. The lowest BCUT2D eigenvalue weighted by atomic mass is 10.1. The zero-order valence-corrected chi connectivity index (χ0v) is 18.2. The molecule has 0 fully saturated rings. The van der Waals surface area contributed by atoms with Crippen LogP contribution in [0.3, 0.4) is 0 Å². The highest BCUT2D eigenvalue weighted by Gasteiger charge is 2.14. The van der Waals surface area contributed by atoms with Gasteiger partial charge in [0.05, 0.1) is 6.61 Å². The lowest BCUT2D eigenvalue weighted by Gasteiger charge is -2.09. The molecule has 0 aliphatic carbocycles. The van der Waals surface area contributed by atoms with E-state index < -0.39 is 11.4 Å². The average molecular weight is 405 g/mol. The van der Waals surface area contributed by atoms with Gasteiger partial charge < -0.3 is 9.15 Å². The van der Waals surface area contributed by atoms with Crippen LogP contribution in [0.4, 0.5) is 4.39 Å². The Bertz CT molecular complexity index is 781. The van der Waals surface area contributed by atoms with Gasteiger partial charge in [-0.25, -0.2) is 9.18 Å². The Morgan fingerprint density at radius 2 is 1.48 bits per heavy atom. The van der Waals surface area contributed by atoms with Gasteiger partial charge in [-0.15, -0.1) is 0 Å². The van der Waals surface area contributed by atoms with E-state index in [1.807, 2.05) is 0 Å². The minimum atomic E-state index is -0.609. The van der Waals surface area contributed by atoms with E-state index in [1.165, 1.54) is 44.9 Å². The molecule has 162 valence electrons. The summed E-state index contributed by atoms with van der Waals surface area (Å²) in [6.07, 6.45) is 15.0. The molecule has 2 aromatic rings. The van der Waals surface area contributed by atoms with E-state index in [4.69, 9.17) is 9.15 Å². The van der Waals surface area contributed by atoms with Gasteiger partial charge in [0.15, 0.2) is 11.6 Å². The van der Waals surface area contributed by atoms with Gasteiger partial charge in [0.25, 0.3) is 0 Å². The van der Waals surface area contributed by atoms with Crippen LogP contribution in [0.15, 0.2) is 27.4 Å². The van der Waals surface area contributed by atoms with E-state index in [0.29, 0.717) is 17.8 Å². The van der Waals surface area contributed by atoms with E-state index in [9.17, 15) is 9.18 Å². The molecule has 0 unspecified atom stereocenters. The number of hydrogen-bond donors (Lipinski definition) is 0. The molecular formula is C25H37FO3. The van der Waals surface area contributed by atoms with Gasteiger partial charge in [0.1, 0.15) is 11.1 Å². The summed E-state index contributed by atoms with van der Waals surface area (Å²) in [5.74, 6) is 0.163. The molecular weight excluding hydrogens is 367 g/mol. The fourth-order valence-corrected chi connectivity index (χ4v) is 3.65.